The number of β-amino-alcohol motifs (C(OH)–C–C–N with tert-alkyl or cyclic N) is 1. The van der Waals surface area contributed by atoms with Crippen LogP contribution in [0.4, 0.5) is 10.5 Å². The first-order valence-electron chi connectivity index (χ1n) is 10.4. The van der Waals surface area contributed by atoms with E-state index in [9.17, 15) is 14.7 Å². The lowest BCUT2D eigenvalue weighted by Crippen LogP contribution is -2.58. The Morgan fingerprint density at radius 3 is 2.90 bits per heavy atom. The molecule has 2 aliphatic heterocycles. The summed E-state index contributed by atoms with van der Waals surface area (Å²) in [6.07, 6.45) is 0.245. The molecule has 166 valence electrons. The second-order valence-electron chi connectivity index (χ2n) is 7.60. The van der Waals surface area contributed by atoms with Gasteiger partial charge >= 0.3 is 6.03 Å². The van der Waals surface area contributed by atoms with Crippen LogP contribution in [0.1, 0.15) is 26.2 Å². The summed E-state index contributed by atoms with van der Waals surface area (Å²) < 4.78 is 16.9. The first kappa shape index (κ1) is 22.3. The summed E-state index contributed by atoms with van der Waals surface area (Å²) in [6.45, 7) is 2.98. The van der Waals surface area contributed by atoms with Gasteiger partial charge in [0, 0.05) is 18.3 Å². The number of hydrogen-bond donors (Lipinski definition) is 3. The zero-order valence-electron chi connectivity index (χ0n) is 17.5. The van der Waals surface area contributed by atoms with Crippen LogP contribution in [0.5, 0.6) is 5.75 Å². The molecule has 3 N–H and O–H groups in total. The molecule has 3 rings (SSSR count). The number of methoxy groups -OCH3 is 1. The van der Waals surface area contributed by atoms with Crippen molar-refractivity contribution in [3.63, 3.8) is 0 Å². The molecule has 0 aromatic heterocycles. The Morgan fingerprint density at radius 1 is 1.30 bits per heavy atom. The van der Waals surface area contributed by atoms with Crippen molar-refractivity contribution >= 4 is 17.6 Å². The molecule has 4 atom stereocenters. The first-order chi connectivity index (χ1) is 14.5. The fourth-order valence-electron chi connectivity index (χ4n) is 3.95. The third kappa shape index (κ3) is 5.84. The number of carbonyl (C=O) groups excluding carboxylic acids is 2. The van der Waals surface area contributed by atoms with Crippen molar-refractivity contribution in [3.8, 4) is 5.75 Å². The molecule has 0 radical (unpaired) electrons. The van der Waals surface area contributed by atoms with Crippen LogP contribution in [0.25, 0.3) is 0 Å². The van der Waals surface area contributed by atoms with E-state index < -0.39 is 6.10 Å². The van der Waals surface area contributed by atoms with Gasteiger partial charge in [-0.05, 0) is 31.9 Å². The fraction of sp³-hybridized carbons (Fsp3) is 0.619. The number of anilines is 1. The van der Waals surface area contributed by atoms with E-state index >= 15 is 0 Å². The molecule has 1 aromatic carbocycles. The van der Waals surface area contributed by atoms with Gasteiger partial charge in [-0.1, -0.05) is 6.07 Å². The molecule has 0 aliphatic carbocycles. The molecule has 0 unspecified atom stereocenters. The molecule has 2 heterocycles. The number of benzene rings is 1. The Morgan fingerprint density at radius 2 is 2.13 bits per heavy atom. The van der Waals surface area contributed by atoms with Crippen molar-refractivity contribution < 1.29 is 28.9 Å². The molecule has 0 saturated carbocycles. The zero-order valence-corrected chi connectivity index (χ0v) is 17.5. The zero-order chi connectivity index (χ0) is 21.5. The number of ether oxygens (including phenoxy) is 3. The number of urea groups is 1. The normalized spacial score (nSPS) is 26.7. The van der Waals surface area contributed by atoms with Crippen molar-refractivity contribution in [2.75, 3.05) is 38.7 Å². The second-order valence-corrected chi connectivity index (χ2v) is 7.60. The Balaban J connectivity index is 1.70. The van der Waals surface area contributed by atoms with Crippen LogP contribution >= 0.6 is 0 Å². The average molecular weight is 421 g/mol. The maximum absolute atomic E-state index is 13.1. The summed E-state index contributed by atoms with van der Waals surface area (Å²) in [7, 11) is 1.57. The predicted molar refractivity (Wildman–Crippen MR) is 111 cm³/mol. The van der Waals surface area contributed by atoms with E-state index in [1.807, 2.05) is 6.92 Å². The van der Waals surface area contributed by atoms with Crippen molar-refractivity contribution in [1.29, 1.82) is 0 Å². The number of hydrogen-bond acceptors (Lipinski definition) is 6. The van der Waals surface area contributed by atoms with Crippen LogP contribution in [0.2, 0.25) is 0 Å². The molecule has 0 bridgehead atoms. The van der Waals surface area contributed by atoms with E-state index in [-0.39, 0.29) is 56.4 Å². The molecule has 1 aromatic rings. The van der Waals surface area contributed by atoms with Gasteiger partial charge in [0.25, 0.3) is 0 Å². The van der Waals surface area contributed by atoms with E-state index in [4.69, 9.17) is 14.2 Å². The van der Waals surface area contributed by atoms with Gasteiger partial charge in [0.1, 0.15) is 11.9 Å². The Kier molecular flexibility index (Phi) is 7.89. The molecule has 3 amide bonds. The minimum atomic E-state index is -0.782. The number of fused-ring (bicyclic) bond motifs is 1. The van der Waals surface area contributed by atoms with Gasteiger partial charge in [-0.25, -0.2) is 4.79 Å². The van der Waals surface area contributed by atoms with Crippen molar-refractivity contribution in [2.45, 2.75) is 50.5 Å². The minimum Gasteiger partial charge on any atom is -0.497 e. The van der Waals surface area contributed by atoms with Gasteiger partial charge in [-0.2, -0.15) is 0 Å². The number of aliphatic hydroxyl groups is 1. The standard InChI is InChI=1S/C21H31N3O6/c1-3-22-20(26)10-17-7-8-18-19(30-17)13-29-12-15(25)11-24(18)21(27)23-14-5-4-6-16(9-14)28-2/h4-6,9,15,17-19,25H,3,7-8,10-13H2,1-2H3,(H,22,26)(H,23,27)/t15-,17+,18+,19-/m0/s1. The minimum absolute atomic E-state index is 0.0456. The van der Waals surface area contributed by atoms with Crippen LogP contribution in [0.15, 0.2) is 24.3 Å². The molecule has 9 nitrogen and oxygen atoms in total. The molecule has 2 fully saturated rings. The van der Waals surface area contributed by atoms with Gasteiger partial charge in [0.2, 0.25) is 5.91 Å². The molecule has 0 spiro atoms. The van der Waals surface area contributed by atoms with Gasteiger partial charge in [-0.3, -0.25) is 4.79 Å². The quantitative estimate of drug-likeness (QED) is 0.662. The smallest absolute Gasteiger partial charge is 0.322 e. The van der Waals surface area contributed by atoms with E-state index in [0.29, 0.717) is 30.8 Å². The molecule has 2 saturated heterocycles. The van der Waals surface area contributed by atoms with Gasteiger partial charge < -0.3 is 34.9 Å². The summed E-state index contributed by atoms with van der Waals surface area (Å²) in [4.78, 5) is 26.6. The summed E-state index contributed by atoms with van der Waals surface area (Å²) in [5.41, 5.74) is 0.606. The third-order valence-corrected chi connectivity index (χ3v) is 5.35. The van der Waals surface area contributed by atoms with Crippen LogP contribution in [-0.4, -0.2) is 79.7 Å². The number of nitrogens with zero attached hydrogens (tertiary/aromatic N) is 1. The third-order valence-electron chi connectivity index (χ3n) is 5.35. The molecule has 30 heavy (non-hydrogen) atoms. The maximum atomic E-state index is 13.1. The predicted octanol–water partition coefficient (Wildman–Crippen LogP) is 1.36. The van der Waals surface area contributed by atoms with Gasteiger partial charge in [-0.15, -0.1) is 0 Å². The summed E-state index contributed by atoms with van der Waals surface area (Å²) >= 11 is 0. The van der Waals surface area contributed by atoms with Gasteiger partial charge in [0.15, 0.2) is 0 Å². The topological polar surface area (TPSA) is 109 Å². The fourth-order valence-corrected chi connectivity index (χ4v) is 3.95. The van der Waals surface area contributed by atoms with Crippen molar-refractivity contribution in [1.82, 2.24) is 10.2 Å². The van der Waals surface area contributed by atoms with E-state index in [2.05, 4.69) is 10.6 Å². The second kappa shape index (κ2) is 10.6. The number of amides is 3. The summed E-state index contributed by atoms with van der Waals surface area (Å²) in [5, 5.41) is 15.9. The number of carbonyl (C=O) groups is 2. The van der Waals surface area contributed by atoms with Crippen molar-refractivity contribution in [2.24, 2.45) is 0 Å². The number of nitrogens with one attached hydrogen (secondary N) is 2. The monoisotopic (exact) mass is 421 g/mol. The largest absolute Gasteiger partial charge is 0.497 e. The average Bonchev–Trinajstić information content (AvgIpc) is 2.71. The summed E-state index contributed by atoms with van der Waals surface area (Å²) in [6, 6.07) is 6.54. The van der Waals surface area contributed by atoms with Crippen LogP contribution in [0.3, 0.4) is 0 Å². The highest BCUT2D eigenvalue weighted by molar-refractivity contribution is 5.89. The van der Waals surface area contributed by atoms with Gasteiger partial charge in [0.05, 0.1) is 51.5 Å². The SMILES string of the molecule is CCNC(=O)C[C@H]1CC[C@@H]2[C@H](COC[C@@H](O)CN2C(=O)Nc2cccc(OC)c2)O1. The van der Waals surface area contributed by atoms with Crippen molar-refractivity contribution in [3.05, 3.63) is 24.3 Å². The van der Waals surface area contributed by atoms with E-state index in [1.165, 1.54) is 0 Å². The lowest BCUT2D eigenvalue weighted by molar-refractivity contribution is -0.149. The molecular weight excluding hydrogens is 390 g/mol. The van der Waals surface area contributed by atoms with E-state index in [1.54, 1.807) is 36.3 Å². The molecule has 9 heteroatoms. The number of rotatable bonds is 5. The van der Waals surface area contributed by atoms with E-state index in [0.717, 1.165) is 0 Å². The highest BCUT2D eigenvalue weighted by Gasteiger charge is 2.40. The number of aliphatic hydroxyl groups excluding tert-OH is 1. The first-order valence-corrected chi connectivity index (χ1v) is 10.4. The Labute approximate surface area is 176 Å². The summed E-state index contributed by atoms with van der Waals surface area (Å²) in [5.74, 6) is 0.594. The Bertz CT molecular complexity index is 730. The highest BCUT2D eigenvalue weighted by Crippen LogP contribution is 2.28. The van der Waals surface area contributed by atoms with Crippen LogP contribution in [-0.2, 0) is 14.3 Å². The van der Waals surface area contributed by atoms with Crippen LogP contribution in [0, 0.1) is 0 Å². The molecular formula is C21H31N3O6. The van der Waals surface area contributed by atoms with Crippen LogP contribution < -0.4 is 15.4 Å². The lowest BCUT2D eigenvalue weighted by atomic mass is 9.95. The lowest BCUT2D eigenvalue weighted by Gasteiger charge is -2.44. The maximum Gasteiger partial charge on any atom is 0.322 e. The Hall–Kier alpha value is -2.36. The highest BCUT2D eigenvalue weighted by atomic mass is 16.5. The molecule has 2 aliphatic rings.